The molecule has 0 radical (unpaired) electrons. The van der Waals surface area contributed by atoms with Crippen LogP contribution in [0.3, 0.4) is 0 Å². The maximum atomic E-state index is 13.3. The van der Waals surface area contributed by atoms with Crippen LogP contribution in [-0.4, -0.2) is 27.8 Å². The first-order valence-corrected chi connectivity index (χ1v) is 10.4. The molecule has 4 aromatic rings. The van der Waals surface area contributed by atoms with Gasteiger partial charge in [0.2, 0.25) is 11.8 Å². The van der Waals surface area contributed by atoms with Gasteiger partial charge >= 0.3 is 0 Å². The minimum atomic E-state index is -0.327. The lowest BCUT2D eigenvalue weighted by Gasteiger charge is -2.13. The highest BCUT2D eigenvalue weighted by Gasteiger charge is 2.20. The first-order valence-electron chi connectivity index (χ1n) is 10.4. The maximum absolute atomic E-state index is 13.3. The van der Waals surface area contributed by atoms with E-state index in [1.807, 2.05) is 48.9 Å². The van der Waals surface area contributed by atoms with Crippen molar-refractivity contribution >= 4 is 22.6 Å². The van der Waals surface area contributed by atoms with Crippen molar-refractivity contribution in [2.45, 2.75) is 33.6 Å². The minimum absolute atomic E-state index is 0.155. The Balaban J connectivity index is 1.63. The molecule has 0 aliphatic heterocycles. The summed E-state index contributed by atoms with van der Waals surface area (Å²) < 4.78 is 20.7. The summed E-state index contributed by atoms with van der Waals surface area (Å²) in [5.41, 5.74) is 5.66. The van der Waals surface area contributed by atoms with Gasteiger partial charge in [0.25, 0.3) is 0 Å². The molecule has 0 atom stereocenters. The van der Waals surface area contributed by atoms with Crippen molar-refractivity contribution in [3.8, 4) is 11.6 Å². The number of carbonyl (C=O) groups excluding carboxylic acids is 1. The molecule has 2 aromatic heterocycles. The van der Waals surface area contributed by atoms with E-state index in [4.69, 9.17) is 14.8 Å². The Bertz CT molecular complexity index is 1300. The quantitative estimate of drug-likeness (QED) is 0.462. The zero-order valence-corrected chi connectivity index (χ0v) is 18.6. The van der Waals surface area contributed by atoms with Crippen LogP contribution >= 0.6 is 0 Å². The second kappa shape index (κ2) is 8.78. The average molecular weight is 432 g/mol. The van der Waals surface area contributed by atoms with Crippen LogP contribution in [0.15, 0.2) is 48.5 Å². The number of nitrogens with zero attached hydrogens (tertiary/aromatic N) is 3. The highest BCUT2D eigenvalue weighted by atomic mass is 19.1. The maximum Gasteiger partial charge on any atom is 0.224 e. The smallest absolute Gasteiger partial charge is 0.224 e. The van der Waals surface area contributed by atoms with Crippen LogP contribution < -0.4 is 10.1 Å². The molecule has 0 saturated heterocycles. The molecule has 0 aliphatic rings. The summed E-state index contributed by atoms with van der Waals surface area (Å²) in [5.74, 6) is 0.00228. The van der Waals surface area contributed by atoms with Gasteiger partial charge in [-0.25, -0.2) is 9.07 Å². The second-order valence-corrected chi connectivity index (χ2v) is 7.76. The van der Waals surface area contributed by atoms with Crippen molar-refractivity contribution in [2.24, 2.45) is 0 Å². The molecule has 1 amide bonds. The van der Waals surface area contributed by atoms with E-state index in [1.165, 1.54) is 12.1 Å². The zero-order valence-electron chi connectivity index (χ0n) is 18.6. The first-order chi connectivity index (χ1) is 15.4. The number of para-hydroxylation sites is 1. The Morgan fingerprint density at radius 3 is 2.56 bits per heavy atom. The van der Waals surface area contributed by atoms with E-state index in [-0.39, 0.29) is 18.1 Å². The fourth-order valence-electron chi connectivity index (χ4n) is 3.96. The van der Waals surface area contributed by atoms with Gasteiger partial charge in [-0.3, -0.25) is 4.79 Å². The van der Waals surface area contributed by atoms with Crippen molar-refractivity contribution < 1.29 is 13.9 Å². The first kappa shape index (κ1) is 21.5. The van der Waals surface area contributed by atoms with Gasteiger partial charge in [0.15, 0.2) is 5.65 Å². The highest BCUT2D eigenvalue weighted by molar-refractivity contribution is 5.92. The molecule has 6 nitrogen and oxygen atoms in total. The van der Waals surface area contributed by atoms with Gasteiger partial charge < -0.3 is 10.1 Å². The topological polar surface area (TPSA) is 69.0 Å². The number of pyridine rings is 1. The lowest BCUT2D eigenvalue weighted by atomic mass is 10.0. The van der Waals surface area contributed by atoms with Crippen LogP contribution in [0, 0.1) is 26.6 Å². The van der Waals surface area contributed by atoms with Crippen molar-refractivity contribution in [3.63, 3.8) is 0 Å². The van der Waals surface area contributed by atoms with Gasteiger partial charge in [-0.2, -0.15) is 10.1 Å². The molecule has 0 spiro atoms. The van der Waals surface area contributed by atoms with Gasteiger partial charge in [0.1, 0.15) is 5.82 Å². The fraction of sp³-hybridized carbons (Fsp3) is 0.240. The zero-order chi connectivity index (χ0) is 22.8. The molecule has 0 fully saturated rings. The molecule has 1 N–H and O–H groups in total. The molecule has 7 heteroatoms. The molecule has 164 valence electrons. The predicted molar refractivity (Wildman–Crippen MR) is 123 cm³/mol. The van der Waals surface area contributed by atoms with Crippen molar-refractivity contribution in [2.75, 3.05) is 12.4 Å². The van der Waals surface area contributed by atoms with Crippen LogP contribution in [-0.2, 0) is 11.2 Å². The molecule has 0 bridgehead atoms. The monoisotopic (exact) mass is 432 g/mol. The molecule has 0 saturated carbocycles. The van der Waals surface area contributed by atoms with Crippen molar-refractivity contribution in [1.29, 1.82) is 0 Å². The third-order valence-corrected chi connectivity index (χ3v) is 5.59. The Labute approximate surface area is 186 Å². The number of anilines is 1. The van der Waals surface area contributed by atoms with Gasteiger partial charge in [-0.1, -0.05) is 18.2 Å². The third-order valence-electron chi connectivity index (χ3n) is 5.59. The number of rotatable bonds is 6. The minimum Gasteiger partial charge on any atom is -0.481 e. The molecular formula is C25H25FN4O2. The lowest BCUT2D eigenvalue weighted by Crippen LogP contribution is -2.14. The van der Waals surface area contributed by atoms with Gasteiger partial charge in [0, 0.05) is 23.1 Å². The predicted octanol–water partition coefficient (Wildman–Crippen LogP) is 5.06. The number of hydrogen-bond donors (Lipinski definition) is 1. The van der Waals surface area contributed by atoms with Gasteiger partial charge in [-0.05, 0) is 68.7 Å². The molecule has 4 rings (SSSR count). The van der Waals surface area contributed by atoms with Gasteiger partial charge in [0.05, 0.1) is 18.5 Å². The third kappa shape index (κ3) is 4.06. The Morgan fingerprint density at radius 2 is 1.88 bits per heavy atom. The summed E-state index contributed by atoms with van der Waals surface area (Å²) in [6.07, 6.45) is 0.701. The second-order valence-electron chi connectivity index (χ2n) is 7.76. The molecule has 0 unspecified atom stereocenters. The van der Waals surface area contributed by atoms with Crippen molar-refractivity contribution in [1.82, 2.24) is 14.8 Å². The lowest BCUT2D eigenvalue weighted by molar-refractivity contribution is -0.116. The van der Waals surface area contributed by atoms with Crippen LogP contribution in [0.4, 0.5) is 10.1 Å². The van der Waals surface area contributed by atoms with Crippen LogP contribution in [0.5, 0.6) is 5.88 Å². The summed E-state index contributed by atoms with van der Waals surface area (Å²) in [6, 6.07) is 14.1. The molecule has 2 aromatic carbocycles. The standard InChI is InChI=1S/C25H25FN4O2/c1-15-14-18(26)10-12-21(15)27-22(31)13-11-20-16(2)23-17(3)29-30(19-8-6-5-7-9-19)24(23)28-25(20)32-4/h5-10,12,14H,11,13H2,1-4H3,(H,27,31). The molecular weight excluding hydrogens is 407 g/mol. The number of nitrogens with one attached hydrogen (secondary N) is 1. The number of amides is 1. The summed E-state index contributed by atoms with van der Waals surface area (Å²) in [4.78, 5) is 17.3. The van der Waals surface area contributed by atoms with E-state index in [0.29, 0.717) is 23.6 Å². The highest BCUT2D eigenvalue weighted by Crippen LogP contribution is 2.32. The number of hydrogen-bond acceptors (Lipinski definition) is 4. The van der Waals surface area contributed by atoms with E-state index in [2.05, 4.69) is 5.32 Å². The number of carbonyl (C=O) groups is 1. The van der Waals surface area contributed by atoms with E-state index in [0.717, 1.165) is 33.5 Å². The summed E-state index contributed by atoms with van der Waals surface area (Å²) >= 11 is 0. The Hall–Kier alpha value is -3.74. The largest absolute Gasteiger partial charge is 0.481 e. The average Bonchev–Trinajstić information content (AvgIpc) is 3.12. The number of benzene rings is 2. The summed E-state index contributed by atoms with van der Waals surface area (Å²) in [7, 11) is 1.58. The van der Waals surface area contributed by atoms with E-state index in [1.54, 1.807) is 20.1 Å². The molecule has 2 heterocycles. The SMILES string of the molecule is COc1nc2c(c(C)nn2-c2ccccc2)c(C)c1CCC(=O)Nc1ccc(F)cc1C. The molecule has 32 heavy (non-hydrogen) atoms. The number of fused-ring (bicyclic) bond motifs is 1. The summed E-state index contributed by atoms with van der Waals surface area (Å²) in [6.45, 7) is 5.72. The van der Waals surface area contributed by atoms with Crippen molar-refractivity contribution in [3.05, 3.63) is 76.7 Å². The number of aromatic nitrogens is 3. The van der Waals surface area contributed by atoms with E-state index in [9.17, 15) is 9.18 Å². The number of halogens is 1. The summed E-state index contributed by atoms with van der Waals surface area (Å²) in [5, 5.41) is 8.51. The van der Waals surface area contributed by atoms with Crippen LogP contribution in [0.2, 0.25) is 0 Å². The van der Waals surface area contributed by atoms with Gasteiger partial charge in [-0.15, -0.1) is 0 Å². The number of aryl methyl sites for hydroxylation is 3. The number of ether oxygens (including phenoxy) is 1. The Kier molecular flexibility index (Phi) is 5.90. The fourth-order valence-corrected chi connectivity index (χ4v) is 3.96. The van der Waals surface area contributed by atoms with E-state index < -0.39 is 0 Å². The normalized spacial score (nSPS) is 11.0. The molecule has 0 aliphatic carbocycles. The number of methoxy groups -OCH3 is 1. The van der Waals surface area contributed by atoms with Crippen LogP contribution in [0.25, 0.3) is 16.7 Å². The Morgan fingerprint density at radius 1 is 1.12 bits per heavy atom. The van der Waals surface area contributed by atoms with E-state index >= 15 is 0 Å². The van der Waals surface area contributed by atoms with Crippen LogP contribution in [0.1, 0.15) is 28.8 Å².